The van der Waals surface area contributed by atoms with E-state index in [2.05, 4.69) is 11.4 Å². The molecule has 1 heterocycles. The van der Waals surface area contributed by atoms with Crippen LogP contribution in [0.3, 0.4) is 0 Å². The molecular weight excluding hydrogens is 380 g/mol. The van der Waals surface area contributed by atoms with Crippen LogP contribution in [-0.2, 0) is 14.8 Å². The van der Waals surface area contributed by atoms with Gasteiger partial charge in [-0.15, -0.1) is 0 Å². The van der Waals surface area contributed by atoms with Crippen LogP contribution in [0.4, 0.5) is 5.69 Å². The van der Waals surface area contributed by atoms with Crippen molar-refractivity contribution in [1.82, 2.24) is 5.32 Å². The number of nitrogens with zero attached hydrogens (tertiary/aromatic N) is 1. The number of fused-ring (bicyclic) bond motifs is 1. The topological polar surface area (TPSA) is 84.9 Å². The molecule has 8 heteroatoms. The molecule has 0 unspecified atom stereocenters. The molecule has 154 valence electrons. The minimum absolute atomic E-state index is 0.0956. The van der Waals surface area contributed by atoms with Crippen LogP contribution < -0.4 is 19.1 Å². The highest BCUT2D eigenvalue weighted by Gasteiger charge is 2.25. The number of carbonyl (C=O) groups is 1. The van der Waals surface area contributed by atoms with Gasteiger partial charge < -0.3 is 14.8 Å². The molecule has 1 aromatic carbocycles. The number of sulfonamides is 1. The Morgan fingerprint density at radius 2 is 1.96 bits per heavy atom. The number of nitrogens with one attached hydrogen (secondary N) is 1. The quantitative estimate of drug-likeness (QED) is 0.669. The van der Waals surface area contributed by atoms with E-state index in [0.717, 1.165) is 23.6 Å². The van der Waals surface area contributed by atoms with E-state index in [1.807, 2.05) is 0 Å². The first kappa shape index (κ1) is 20.5. The molecule has 3 rings (SSSR count). The lowest BCUT2D eigenvalue weighted by Gasteiger charge is -2.25. The van der Waals surface area contributed by atoms with Crippen molar-refractivity contribution in [1.29, 1.82) is 0 Å². The summed E-state index contributed by atoms with van der Waals surface area (Å²) in [5.74, 6) is 0.656. The standard InChI is InChI=1S/C20H28N2O5S/c1-2-28(24,25)22(17-8-9-18-19(14-17)27-13-12-26-18)15-20(23)21-11-10-16-6-4-3-5-7-16/h6,8-9,14H,2-5,7,10-13,15H2,1H3,(H,21,23). The lowest BCUT2D eigenvalue weighted by Crippen LogP contribution is -2.41. The maximum Gasteiger partial charge on any atom is 0.240 e. The van der Waals surface area contributed by atoms with E-state index in [9.17, 15) is 13.2 Å². The van der Waals surface area contributed by atoms with Crippen molar-refractivity contribution in [2.75, 3.05) is 36.4 Å². The maximum absolute atomic E-state index is 12.6. The van der Waals surface area contributed by atoms with E-state index < -0.39 is 10.0 Å². The number of ether oxygens (including phenoxy) is 2. The van der Waals surface area contributed by atoms with Gasteiger partial charge in [-0.05, 0) is 51.2 Å². The molecule has 7 nitrogen and oxygen atoms in total. The lowest BCUT2D eigenvalue weighted by molar-refractivity contribution is -0.119. The SMILES string of the molecule is CCS(=O)(=O)N(CC(=O)NCCC1=CCCCC1)c1ccc2c(c1)OCCO2. The largest absolute Gasteiger partial charge is 0.486 e. The third-order valence-electron chi connectivity index (χ3n) is 4.95. The number of anilines is 1. The van der Waals surface area contributed by atoms with Gasteiger partial charge in [0.1, 0.15) is 19.8 Å². The van der Waals surface area contributed by atoms with Crippen LogP contribution in [0, 0.1) is 0 Å². The van der Waals surface area contributed by atoms with Crippen molar-refractivity contribution >= 4 is 21.6 Å². The predicted molar refractivity (Wildman–Crippen MR) is 108 cm³/mol. The minimum Gasteiger partial charge on any atom is -0.486 e. The van der Waals surface area contributed by atoms with Crippen molar-refractivity contribution in [2.24, 2.45) is 0 Å². The van der Waals surface area contributed by atoms with Crippen LogP contribution in [0.15, 0.2) is 29.8 Å². The summed E-state index contributed by atoms with van der Waals surface area (Å²) in [7, 11) is -3.62. The second-order valence-corrected chi connectivity index (χ2v) is 9.13. The minimum atomic E-state index is -3.62. The highest BCUT2D eigenvalue weighted by molar-refractivity contribution is 7.92. The van der Waals surface area contributed by atoms with Crippen molar-refractivity contribution in [3.63, 3.8) is 0 Å². The fourth-order valence-corrected chi connectivity index (χ4v) is 4.43. The number of carbonyl (C=O) groups excluding carboxylic acids is 1. The molecule has 0 atom stereocenters. The average molecular weight is 409 g/mol. The molecule has 0 spiro atoms. The first-order chi connectivity index (χ1) is 13.5. The molecule has 0 bridgehead atoms. The number of benzene rings is 1. The van der Waals surface area contributed by atoms with E-state index in [4.69, 9.17) is 9.47 Å². The summed E-state index contributed by atoms with van der Waals surface area (Å²) in [6.07, 6.45) is 7.69. The van der Waals surface area contributed by atoms with Gasteiger partial charge in [0.15, 0.2) is 11.5 Å². The molecule has 1 N–H and O–H groups in total. The van der Waals surface area contributed by atoms with Crippen LogP contribution >= 0.6 is 0 Å². The number of hydrogen-bond acceptors (Lipinski definition) is 5. The molecule has 0 saturated heterocycles. The van der Waals surface area contributed by atoms with E-state index in [1.54, 1.807) is 25.1 Å². The summed E-state index contributed by atoms with van der Waals surface area (Å²) in [4.78, 5) is 12.4. The second kappa shape index (κ2) is 9.32. The predicted octanol–water partition coefficient (Wildman–Crippen LogP) is 2.62. The Labute approximate surface area is 166 Å². The van der Waals surface area contributed by atoms with Crippen LogP contribution in [0.2, 0.25) is 0 Å². The van der Waals surface area contributed by atoms with E-state index >= 15 is 0 Å². The van der Waals surface area contributed by atoms with Crippen LogP contribution in [0.25, 0.3) is 0 Å². The van der Waals surface area contributed by atoms with Crippen LogP contribution in [-0.4, -0.2) is 46.4 Å². The zero-order chi connectivity index (χ0) is 20.0. The molecule has 1 aliphatic heterocycles. The van der Waals surface area contributed by atoms with Gasteiger partial charge in [-0.25, -0.2) is 8.42 Å². The summed E-state index contributed by atoms with van der Waals surface area (Å²) < 4.78 is 37.3. The Hall–Kier alpha value is -2.22. The van der Waals surface area contributed by atoms with Crippen LogP contribution in [0.1, 0.15) is 39.0 Å². The maximum atomic E-state index is 12.6. The Morgan fingerprint density at radius 1 is 1.18 bits per heavy atom. The summed E-state index contributed by atoms with van der Waals surface area (Å²) in [6, 6.07) is 4.93. The van der Waals surface area contributed by atoms with Gasteiger partial charge in [0.25, 0.3) is 0 Å². The number of rotatable bonds is 8. The van der Waals surface area contributed by atoms with Crippen molar-refractivity contribution in [3.8, 4) is 11.5 Å². The third-order valence-corrected chi connectivity index (χ3v) is 6.70. The smallest absolute Gasteiger partial charge is 0.240 e. The van der Waals surface area contributed by atoms with Gasteiger partial charge in [0.05, 0.1) is 11.4 Å². The Bertz CT molecular complexity index is 835. The molecular formula is C20H28N2O5S. The highest BCUT2D eigenvalue weighted by Crippen LogP contribution is 2.34. The summed E-state index contributed by atoms with van der Waals surface area (Å²) in [5.41, 5.74) is 1.77. The van der Waals surface area contributed by atoms with Crippen molar-refractivity contribution in [2.45, 2.75) is 39.0 Å². The summed E-state index contributed by atoms with van der Waals surface area (Å²) >= 11 is 0. The van der Waals surface area contributed by atoms with Crippen molar-refractivity contribution < 1.29 is 22.7 Å². The average Bonchev–Trinajstić information content (AvgIpc) is 2.72. The zero-order valence-electron chi connectivity index (χ0n) is 16.3. The Morgan fingerprint density at radius 3 is 2.68 bits per heavy atom. The lowest BCUT2D eigenvalue weighted by atomic mass is 9.97. The Kier molecular flexibility index (Phi) is 6.83. The molecule has 1 aromatic rings. The Balaban J connectivity index is 1.66. The first-order valence-electron chi connectivity index (χ1n) is 9.84. The normalized spacial score (nSPS) is 16.2. The number of hydrogen-bond donors (Lipinski definition) is 1. The summed E-state index contributed by atoms with van der Waals surface area (Å²) in [6.45, 7) is 2.70. The van der Waals surface area contributed by atoms with Crippen molar-refractivity contribution in [3.05, 3.63) is 29.8 Å². The van der Waals surface area contributed by atoms with E-state index in [1.165, 1.54) is 18.4 Å². The van der Waals surface area contributed by atoms with Gasteiger partial charge in [0, 0.05) is 12.6 Å². The monoisotopic (exact) mass is 408 g/mol. The molecule has 0 radical (unpaired) electrons. The first-order valence-corrected chi connectivity index (χ1v) is 11.4. The molecule has 1 amide bonds. The number of amides is 1. The van der Waals surface area contributed by atoms with Crippen LogP contribution in [0.5, 0.6) is 11.5 Å². The fraction of sp³-hybridized carbons (Fsp3) is 0.550. The van der Waals surface area contributed by atoms with E-state index in [-0.39, 0.29) is 18.2 Å². The number of allylic oxidation sites excluding steroid dienone is 1. The molecule has 0 fully saturated rings. The molecule has 28 heavy (non-hydrogen) atoms. The molecule has 0 aromatic heterocycles. The van der Waals surface area contributed by atoms with Gasteiger partial charge in [0.2, 0.25) is 15.9 Å². The highest BCUT2D eigenvalue weighted by atomic mass is 32.2. The molecule has 1 aliphatic carbocycles. The van der Waals surface area contributed by atoms with Gasteiger partial charge in [-0.1, -0.05) is 11.6 Å². The van der Waals surface area contributed by atoms with Gasteiger partial charge in [-0.2, -0.15) is 0 Å². The summed E-state index contributed by atoms with van der Waals surface area (Å²) in [5, 5.41) is 2.85. The fourth-order valence-electron chi connectivity index (χ4n) is 3.37. The second-order valence-electron chi connectivity index (χ2n) is 6.94. The zero-order valence-corrected chi connectivity index (χ0v) is 17.1. The molecule has 0 saturated carbocycles. The van der Waals surface area contributed by atoms with Gasteiger partial charge >= 0.3 is 0 Å². The third kappa shape index (κ3) is 5.19. The van der Waals surface area contributed by atoms with E-state index in [0.29, 0.717) is 36.9 Å². The van der Waals surface area contributed by atoms with Gasteiger partial charge in [-0.3, -0.25) is 9.10 Å². The molecule has 2 aliphatic rings.